The molecule has 0 aromatic rings. The van der Waals surface area contributed by atoms with Gasteiger partial charge in [-0.1, -0.05) is 20.8 Å². The van der Waals surface area contributed by atoms with Gasteiger partial charge in [-0.2, -0.15) is 0 Å². The minimum Gasteiger partial charge on any atom is -0.395 e. The van der Waals surface area contributed by atoms with Crippen LogP contribution in [-0.2, 0) is 0 Å². The predicted molar refractivity (Wildman–Crippen MR) is 62.5 cm³/mol. The zero-order valence-corrected chi connectivity index (χ0v) is 10.7. The molecule has 2 heteroatoms. The van der Waals surface area contributed by atoms with Crippen LogP contribution < -0.4 is 0 Å². The standard InChI is InChI=1S/C10H21NO.C2H6/c1-8-5-9(7-12)11(6-8)10(2,3)4;1-2/h8-9,12H,5-7H2,1-4H3;1-2H3/t8-,9+;/m0./s1. The molecule has 14 heavy (non-hydrogen) atoms. The molecule has 1 fully saturated rings. The van der Waals surface area contributed by atoms with Crippen molar-refractivity contribution < 1.29 is 5.11 Å². The second-order valence-electron chi connectivity index (χ2n) is 5.00. The molecular formula is C12H27NO. The van der Waals surface area contributed by atoms with Crippen LogP contribution in [-0.4, -0.2) is 34.7 Å². The van der Waals surface area contributed by atoms with E-state index in [2.05, 4.69) is 32.6 Å². The zero-order chi connectivity index (χ0) is 11.4. The Morgan fingerprint density at radius 3 is 2.07 bits per heavy atom. The molecule has 1 saturated heterocycles. The summed E-state index contributed by atoms with van der Waals surface area (Å²) in [5.41, 5.74) is 0.207. The Morgan fingerprint density at radius 2 is 1.79 bits per heavy atom. The fourth-order valence-electron chi connectivity index (χ4n) is 2.15. The van der Waals surface area contributed by atoms with Crippen LogP contribution in [0.5, 0.6) is 0 Å². The number of aliphatic hydroxyl groups excluding tert-OH is 1. The molecule has 0 aromatic heterocycles. The van der Waals surface area contributed by atoms with Gasteiger partial charge in [-0.05, 0) is 33.1 Å². The van der Waals surface area contributed by atoms with Gasteiger partial charge in [0.15, 0.2) is 0 Å². The van der Waals surface area contributed by atoms with Crippen LogP contribution in [0.25, 0.3) is 0 Å². The van der Waals surface area contributed by atoms with E-state index in [1.54, 1.807) is 0 Å². The summed E-state index contributed by atoms with van der Waals surface area (Å²) < 4.78 is 0. The van der Waals surface area contributed by atoms with Gasteiger partial charge in [-0.15, -0.1) is 0 Å². The van der Waals surface area contributed by atoms with E-state index >= 15 is 0 Å². The molecule has 0 saturated carbocycles. The SMILES string of the molecule is CC.C[C@H]1C[C@H](CO)N(C(C)(C)C)C1. The zero-order valence-electron chi connectivity index (χ0n) is 10.7. The first-order valence-corrected chi connectivity index (χ1v) is 5.82. The molecule has 2 atom stereocenters. The third-order valence-corrected chi connectivity index (χ3v) is 2.70. The maximum Gasteiger partial charge on any atom is 0.0587 e. The third kappa shape index (κ3) is 3.58. The van der Waals surface area contributed by atoms with Crippen LogP contribution >= 0.6 is 0 Å². The maximum absolute atomic E-state index is 9.18. The maximum atomic E-state index is 9.18. The van der Waals surface area contributed by atoms with Crippen molar-refractivity contribution in [1.29, 1.82) is 0 Å². The van der Waals surface area contributed by atoms with Crippen molar-refractivity contribution in [1.82, 2.24) is 4.90 Å². The largest absolute Gasteiger partial charge is 0.395 e. The Hall–Kier alpha value is -0.0800. The highest BCUT2D eigenvalue weighted by Crippen LogP contribution is 2.29. The van der Waals surface area contributed by atoms with Gasteiger partial charge in [0, 0.05) is 18.1 Å². The van der Waals surface area contributed by atoms with Gasteiger partial charge in [0.05, 0.1) is 6.61 Å². The molecule has 86 valence electrons. The van der Waals surface area contributed by atoms with Gasteiger partial charge < -0.3 is 5.11 Å². The Kier molecular flexibility index (Phi) is 5.68. The van der Waals surface area contributed by atoms with E-state index in [1.807, 2.05) is 13.8 Å². The van der Waals surface area contributed by atoms with Crippen molar-refractivity contribution in [3.05, 3.63) is 0 Å². The first-order chi connectivity index (χ1) is 6.45. The van der Waals surface area contributed by atoms with Crippen molar-refractivity contribution in [2.45, 2.75) is 59.5 Å². The topological polar surface area (TPSA) is 23.5 Å². The average Bonchev–Trinajstić information content (AvgIpc) is 2.49. The third-order valence-electron chi connectivity index (χ3n) is 2.70. The molecule has 1 N–H and O–H groups in total. The summed E-state index contributed by atoms with van der Waals surface area (Å²) >= 11 is 0. The van der Waals surface area contributed by atoms with Crippen LogP contribution in [0.15, 0.2) is 0 Å². The number of rotatable bonds is 1. The van der Waals surface area contributed by atoms with Gasteiger partial charge in [0.2, 0.25) is 0 Å². The fraction of sp³-hybridized carbons (Fsp3) is 1.00. The molecule has 1 heterocycles. The lowest BCUT2D eigenvalue weighted by molar-refractivity contribution is 0.0795. The van der Waals surface area contributed by atoms with Gasteiger partial charge in [0.25, 0.3) is 0 Å². The molecule has 2 nitrogen and oxygen atoms in total. The molecule has 0 unspecified atom stereocenters. The molecule has 0 spiro atoms. The molecular weight excluding hydrogens is 174 g/mol. The van der Waals surface area contributed by atoms with E-state index in [1.165, 1.54) is 0 Å². The Morgan fingerprint density at radius 1 is 1.29 bits per heavy atom. The van der Waals surface area contributed by atoms with Crippen LogP contribution in [0, 0.1) is 5.92 Å². The normalized spacial score (nSPS) is 28.5. The highest BCUT2D eigenvalue weighted by molar-refractivity contribution is 4.90. The minimum atomic E-state index is 0.207. The summed E-state index contributed by atoms with van der Waals surface area (Å²) in [6, 6.07) is 0.389. The molecule has 0 radical (unpaired) electrons. The molecule has 1 aliphatic rings. The molecule has 1 rings (SSSR count). The second kappa shape index (κ2) is 5.72. The Labute approximate surface area is 89.3 Å². The number of nitrogens with zero attached hydrogens (tertiary/aromatic N) is 1. The summed E-state index contributed by atoms with van der Waals surface area (Å²) in [6.45, 7) is 14.3. The lowest BCUT2D eigenvalue weighted by Gasteiger charge is -2.36. The highest BCUT2D eigenvalue weighted by atomic mass is 16.3. The van der Waals surface area contributed by atoms with Crippen molar-refractivity contribution >= 4 is 0 Å². The van der Waals surface area contributed by atoms with Crippen molar-refractivity contribution in [3.63, 3.8) is 0 Å². The van der Waals surface area contributed by atoms with E-state index in [9.17, 15) is 5.11 Å². The van der Waals surface area contributed by atoms with Crippen LogP contribution in [0.2, 0.25) is 0 Å². The summed E-state index contributed by atoms with van der Waals surface area (Å²) in [7, 11) is 0. The van der Waals surface area contributed by atoms with E-state index in [0.717, 1.165) is 18.9 Å². The number of aliphatic hydroxyl groups is 1. The predicted octanol–water partition coefficient (Wildman–Crippen LogP) is 2.51. The van der Waals surface area contributed by atoms with Gasteiger partial charge >= 0.3 is 0 Å². The monoisotopic (exact) mass is 201 g/mol. The number of hydrogen-bond donors (Lipinski definition) is 1. The fourth-order valence-corrected chi connectivity index (χ4v) is 2.15. The second-order valence-corrected chi connectivity index (χ2v) is 5.00. The molecule has 0 aliphatic carbocycles. The Bertz CT molecular complexity index is 151. The van der Waals surface area contributed by atoms with E-state index < -0.39 is 0 Å². The number of hydrogen-bond acceptors (Lipinski definition) is 2. The van der Waals surface area contributed by atoms with Crippen LogP contribution in [0.3, 0.4) is 0 Å². The molecule has 0 aromatic carbocycles. The molecule has 0 bridgehead atoms. The first-order valence-electron chi connectivity index (χ1n) is 5.82. The molecule has 1 aliphatic heterocycles. The van der Waals surface area contributed by atoms with E-state index in [0.29, 0.717) is 12.6 Å². The van der Waals surface area contributed by atoms with Crippen LogP contribution in [0.4, 0.5) is 0 Å². The van der Waals surface area contributed by atoms with E-state index in [4.69, 9.17) is 0 Å². The van der Waals surface area contributed by atoms with Gasteiger partial charge in [-0.3, -0.25) is 4.90 Å². The number of likely N-dealkylation sites (tertiary alicyclic amines) is 1. The Balaban J connectivity index is 0.000000791. The van der Waals surface area contributed by atoms with Crippen LogP contribution in [0.1, 0.15) is 48.0 Å². The first kappa shape index (κ1) is 13.9. The van der Waals surface area contributed by atoms with Crippen molar-refractivity contribution in [2.75, 3.05) is 13.2 Å². The smallest absolute Gasteiger partial charge is 0.0587 e. The van der Waals surface area contributed by atoms with Gasteiger partial charge in [-0.25, -0.2) is 0 Å². The average molecular weight is 201 g/mol. The summed E-state index contributed by atoms with van der Waals surface area (Å²) in [4.78, 5) is 2.41. The highest BCUT2D eigenvalue weighted by Gasteiger charge is 2.35. The summed E-state index contributed by atoms with van der Waals surface area (Å²) in [5, 5.41) is 9.18. The quantitative estimate of drug-likeness (QED) is 0.704. The van der Waals surface area contributed by atoms with Gasteiger partial charge in [0.1, 0.15) is 0 Å². The van der Waals surface area contributed by atoms with E-state index in [-0.39, 0.29) is 5.54 Å². The van der Waals surface area contributed by atoms with Crippen molar-refractivity contribution in [3.8, 4) is 0 Å². The van der Waals surface area contributed by atoms with Crippen molar-refractivity contribution in [2.24, 2.45) is 5.92 Å². The lowest BCUT2D eigenvalue weighted by atomic mass is 10.1. The minimum absolute atomic E-state index is 0.207. The summed E-state index contributed by atoms with van der Waals surface area (Å²) in [6.07, 6.45) is 1.15. The summed E-state index contributed by atoms with van der Waals surface area (Å²) in [5.74, 6) is 0.737. The molecule has 0 amide bonds. The lowest BCUT2D eigenvalue weighted by Crippen LogP contribution is -2.46.